The molecule has 1 aromatic carbocycles. The van der Waals surface area contributed by atoms with Gasteiger partial charge in [0.15, 0.2) is 0 Å². The highest BCUT2D eigenvalue weighted by Gasteiger charge is 2.14. The maximum Gasteiger partial charge on any atom is 0.116 e. The highest BCUT2D eigenvalue weighted by atomic mass is 79.9. The first-order chi connectivity index (χ1) is 6.27. The van der Waals surface area contributed by atoms with Crippen LogP contribution in [0.1, 0.15) is 12.0 Å². The smallest absolute Gasteiger partial charge is 0.116 e. The van der Waals surface area contributed by atoms with E-state index in [1.807, 2.05) is 18.2 Å². The van der Waals surface area contributed by atoms with E-state index in [2.05, 4.69) is 49.0 Å². The number of allylic oxidation sites excluding steroid dienone is 1. The molecule has 0 N–H and O–H groups in total. The molecule has 0 unspecified atom stereocenters. The minimum absolute atomic E-state index is 0.880. The molecule has 1 nitrogen and oxygen atoms in total. The monoisotopic (exact) mass is 299 g/mol. The van der Waals surface area contributed by atoms with Crippen LogP contribution in [0.2, 0.25) is 0 Å². The van der Waals surface area contributed by atoms with Crippen LogP contribution in [0.25, 0.3) is 0 Å². The van der Waals surface area contributed by atoms with Gasteiger partial charge in [-0.25, -0.2) is 4.99 Å². The van der Waals surface area contributed by atoms with E-state index in [0.29, 0.717) is 0 Å². The SMILES string of the molecule is BrC1=C(Br)N=C(c2ccccc2)C1. The molecule has 3 heteroatoms. The molecule has 66 valence electrons. The highest BCUT2D eigenvalue weighted by Crippen LogP contribution is 2.30. The summed E-state index contributed by atoms with van der Waals surface area (Å²) in [6, 6.07) is 10.2. The van der Waals surface area contributed by atoms with Crippen molar-refractivity contribution in [2.75, 3.05) is 0 Å². The number of hydrogen-bond acceptors (Lipinski definition) is 1. The fraction of sp³-hybridized carbons (Fsp3) is 0.100. The molecule has 1 aliphatic rings. The molecular formula is C10H7Br2N. The van der Waals surface area contributed by atoms with Gasteiger partial charge in [-0.1, -0.05) is 46.3 Å². The Bertz CT molecular complexity index is 379. The molecule has 0 atom stereocenters. The molecule has 13 heavy (non-hydrogen) atoms. The van der Waals surface area contributed by atoms with Gasteiger partial charge in [0.1, 0.15) is 4.61 Å². The molecule has 1 aromatic rings. The normalized spacial score (nSPS) is 16.3. The second kappa shape index (κ2) is 3.76. The number of benzene rings is 1. The topological polar surface area (TPSA) is 12.4 Å². The first-order valence-electron chi connectivity index (χ1n) is 3.94. The van der Waals surface area contributed by atoms with E-state index < -0.39 is 0 Å². The molecular weight excluding hydrogens is 294 g/mol. The number of rotatable bonds is 1. The largest absolute Gasteiger partial charge is 0.244 e. The second-order valence-corrected chi connectivity index (χ2v) is 4.51. The lowest BCUT2D eigenvalue weighted by atomic mass is 10.1. The van der Waals surface area contributed by atoms with Crippen molar-refractivity contribution in [3.63, 3.8) is 0 Å². The standard InChI is InChI=1S/C10H7Br2N/c11-8-6-9(13-10(8)12)7-4-2-1-3-5-7/h1-5H,6H2. The Morgan fingerprint density at radius 2 is 1.77 bits per heavy atom. The van der Waals surface area contributed by atoms with Crippen molar-refractivity contribution in [3.8, 4) is 0 Å². The third kappa shape index (κ3) is 1.92. The Balaban J connectivity index is 2.29. The van der Waals surface area contributed by atoms with Crippen LogP contribution in [0.15, 0.2) is 44.4 Å². The van der Waals surface area contributed by atoms with E-state index in [1.165, 1.54) is 5.56 Å². The van der Waals surface area contributed by atoms with E-state index >= 15 is 0 Å². The number of nitrogens with zero attached hydrogens (tertiary/aromatic N) is 1. The Hall–Kier alpha value is -0.410. The lowest BCUT2D eigenvalue weighted by Crippen LogP contribution is -1.95. The minimum atomic E-state index is 0.880. The molecule has 0 radical (unpaired) electrons. The molecule has 0 fully saturated rings. The van der Waals surface area contributed by atoms with Crippen LogP contribution in [0.5, 0.6) is 0 Å². The maximum absolute atomic E-state index is 4.41. The van der Waals surface area contributed by atoms with Crippen LogP contribution in [0.4, 0.5) is 0 Å². The average Bonchev–Trinajstić information content (AvgIpc) is 2.49. The minimum Gasteiger partial charge on any atom is -0.244 e. The van der Waals surface area contributed by atoms with Gasteiger partial charge in [-0.15, -0.1) is 0 Å². The van der Waals surface area contributed by atoms with Crippen molar-refractivity contribution in [1.29, 1.82) is 0 Å². The van der Waals surface area contributed by atoms with E-state index in [0.717, 1.165) is 21.2 Å². The third-order valence-corrected chi connectivity index (χ3v) is 3.73. The summed E-state index contributed by atoms with van der Waals surface area (Å²) >= 11 is 6.85. The van der Waals surface area contributed by atoms with E-state index in [1.54, 1.807) is 0 Å². The lowest BCUT2D eigenvalue weighted by molar-refractivity contribution is 1.48. The lowest BCUT2D eigenvalue weighted by Gasteiger charge is -1.98. The molecule has 0 aliphatic carbocycles. The molecule has 1 heterocycles. The van der Waals surface area contributed by atoms with Crippen molar-refractivity contribution < 1.29 is 0 Å². The summed E-state index contributed by atoms with van der Waals surface area (Å²) in [5, 5.41) is 0. The van der Waals surface area contributed by atoms with Crippen LogP contribution in [-0.4, -0.2) is 5.71 Å². The van der Waals surface area contributed by atoms with Gasteiger partial charge in [-0.05, 0) is 21.5 Å². The zero-order valence-electron chi connectivity index (χ0n) is 6.80. The second-order valence-electron chi connectivity index (χ2n) is 2.80. The summed E-state index contributed by atoms with van der Waals surface area (Å²) in [6.45, 7) is 0. The number of hydrogen-bond donors (Lipinski definition) is 0. The quantitative estimate of drug-likeness (QED) is 0.699. The predicted molar refractivity (Wildman–Crippen MR) is 62.5 cm³/mol. The van der Waals surface area contributed by atoms with Gasteiger partial charge in [-0.2, -0.15) is 0 Å². The van der Waals surface area contributed by atoms with E-state index in [-0.39, 0.29) is 0 Å². The number of aliphatic imine (C=N–C) groups is 1. The third-order valence-electron chi connectivity index (χ3n) is 1.89. The van der Waals surface area contributed by atoms with Gasteiger partial charge < -0.3 is 0 Å². The summed E-state index contributed by atoms with van der Waals surface area (Å²) in [5.74, 6) is 0. The first-order valence-corrected chi connectivity index (χ1v) is 5.53. The highest BCUT2D eigenvalue weighted by molar-refractivity contribution is 9.14. The van der Waals surface area contributed by atoms with Crippen LogP contribution < -0.4 is 0 Å². The number of halogens is 2. The Morgan fingerprint density at radius 3 is 2.31 bits per heavy atom. The summed E-state index contributed by atoms with van der Waals surface area (Å²) in [4.78, 5) is 4.41. The van der Waals surface area contributed by atoms with E-state index in [9.17, 15) is 0 Å². The van der Waals surface area contributed by atoms with E-state index in [4.69, 9.17) is 0 Å². The summed E-state index contributed by atoms with van der Waals surface area (Å²) in [5.41, 5.74) is 2.30. The molecule has 0 spiro atoms. The van der Waals surface area contributed by atoms with Crippen LogP contribution in [-0.2, 0) is 0 Å². The molecule has 0 aromatic heterocycles. The van der Waals surface area contributed by atoms with Crippen molar-refractivity contribution in [3.05, 3.63) is 45.0 Å². The summed E-state index contributed by atoms with van der Waals surface area (Å²) in [7, 11) is 0. The molecule has 1 aliphatic heterocycles. The van der Waals surface area contributed by atoms with Gasteiger partial charge in [0.05, 0.1) is 5.71 Å². The summed E-state index contributed by atoms with van der Waals surface area (Å²) in [6.07, 6.45) is 0.880. The molecule has 0 saturated carbocycles. The van der Waals surface area contributed by atoms with Crippen molar-refractivity contribution in [2.45, 2.75) is 6.42 Å². The Kier molecular flexibility index (Phi) is 2.65. The van der Waals surface area contributed by atoms with Gasteiger partial charge in [0.2, 0.25) is 0 Å². The molecule has 0 bridgehead atoms. The fourth-order valence-corrected chi connectivity index (χ4v) is 1.94. The average molecular weight is 301 g/mol. The maximum atomic E-state index is 4.41. The zero-order chi connectivity index (χ0) is 9.26. The Labute approximate surface area is 93.8 Å². The van der Waals surface area contributed by atoms with Crippen molar-refractivity contribution in [2.24, 2.45) is 4.99 Å². The van der Waals surface area contributed by atoms with Gasteiger partial charge in [-0.3, -0.25) is 0 Å². The van der Waals surface area contributed by atoms with Crippen LogP contribution in [0, 0.1) is 0 Å². The molecule has 0 amide bonds. The summed E-state index contributed by atoms with van der Waals surface area (Å²) < 4.78 is 2.03. The molecule has 0 saturated heterocycles. The van der Waals surface area contributed by atoms with Crippen LogP contribution >= 0.6 is 31.9 Å². The zero-order valence-corrected chi connectivity index (χ0v) is 9.97. The predicted octanol–water partition coefficient (Wildman–Crippen LogP) is 3.84. The van der Waals surface area contributed by atoms with Gasteiger partial charge in [0.25, 0.3) is 0 Å². The Morgan fingerprint density at radius 1 is 1.08 bits per heavy atom. The first kappa shape index (κ1) is 9.16. The van der Waals surface area contributed by atoms with Gasteiger partial charge in [0, 0.05) is 10.9 Å². The van der Waals surface area contributed by atoms with Crippen molar-refractivity contribution in [1.82, 2.24) is 0 Å². The van der Waals surface area contributed by atoms with Gasteiger partial charge >= 0.3 is 0 Å². The van der Waals surface area contributed by atoms with Crippen LogP contribution in [0.3, 0.4) is 0 Å². The fourth-order valence-electron chi connectivity index (χ4n) is 1.24. The van der Waals surface area contributed by atoms with Crippen molar-refractivity contribution >= 4 is 37.6 Å². The molecule has 2 rings (SSSR count).